The van der Waals surface area contributed by atoms with Crippen molar-refractivity contribution in [2.75, 3.05) is 11.9 Å². The van der Waals surface area contributed by atoms with Gasteiger partial charge in [-0.25, -0.2) is 0 Å². The lowest BCUT2D eigenvalue weighted by Crippen LogP contribution is -2.11. The van der Waals surface area contributed by atoms with Gasteiger partial charge in [-0.15, -0.1) is 11.3 Å². The van der Waals surface area contributed by atoms with E-state index in [0.29, 0.717) is 26.3 Å². The Morgan fingerprint density at radius 3 is 2.57 bits per heavy atom. The Kier molecular flexibility index (Phi) is 5.66. The number of hydrogen-bond acceptors (Lipinski definition) is 3. The number of anilines is 1. The number of thiophene rings is 1. The summed E-state index contributed by atoms with van der Waals surface area (Å²) in [5.41, 5.74) is 1.82. The molecule has 2 N–H and O–H groups in total. The van der Waals surface area contributed by atoms with E-state index in [2.05, 4.69) is 17.2 Å². The molecule has 6 heteroatoms. The van der Waals surface area contributed by atoms with Crippen molar-refractivity contribution in [3.05, 3.63) is 50.1 Å². The first kappa shape index (κ1) is 15.9. The third-order valence-electron chi connectivity index (χ3n) is 2.51. The van der Waals surface area contributed by atoms with Crippen LogP contribution in [0.4, 0.5) is 5.69 Å². The van der Waals surface area contributed by atoms with Crippen molar-refractivity contribution in [2.45, 2.75) is 6.42 Å². The maximum atomic E-state index is 12.0. The molecule has 0 aliphatic carbocycles. The van der Waals surface area contributed by atoms with E-state index in [1.54, 1.807) is 30.3 Å². The van der Waals surface area contributed by atoms with E-state index in [1.165, 1.54) is 0 Å². The second-order valence-corrected chi connectivity index (χ2v) is 6.33. The predicted molar refractivity (Wildman–Crippen MR) is 87.3 cm³/mol. The van der Waals surface area contributed by atoms with Crippen molar-refractivity contribution in [1.29, 1.82) is 0 Å². The van der Waals surface area contributed by atoms with Crippen LogP contribution in [0.3, 0.4) is 0 Å². The Hall–Kier alpha value is -1.51. The van der Waals surface area contributed by atoms with Crippen molar-refractivity contribution < 1.29 is 9.90 Å². The van der Waals surface area contributed by atoms with E-state index >= 15 is 0 Å². The lowest BCUT2D eigenvalue weighted by atomic mass is 10.2. The summed E-state index contributed by atoms with van der Waals surface area (Å²) in [6.45, 7) is 0.0467. The number of nitrogens with one attached hydrogen (secondary N) is 1. The van der Waals surface area contributed by atoms with E-state index in [4.69, 9.17) is 28.3 Å². The molecule has 2 aromatic rings. The molecule has 0 spiro atoms. The van der Waals surface area contributed by atoms with Crippen LogP contribution in [0.1, 0.15) is 22.3 Å². The summed E-state index contributed by atoms with van der Waals surface area (Å²) < 4.78 is 0.837. The standard InChI is InChI=1S/C15H11Cl2NO2S/c16-13-9-12(14(17)21-13)15(20)18-11-6-4-10(5-7-11)3-1-2-8-19/h4-7,9,19H,2,8H2,(H,18,20). The quantitative estimate of drug-likeness (QED) is 0.829. The van der Waals surface area contributed by atoms with Crippen LogP contribution >= 0.6 is 34.5 Å². The average molecular weight is 340 g/mol. The Morgan fingerprint density at radius 2 is 2.00 bits per heavy atom. The van der Waals surface area contributed by atoms with Gasteiger partial charge in [0.05, 0.1) is 16.5 Å². The minimum absolute atomic E-state index is 0.0467. The van der Waals surface area contributed by atoms with Gasteiger partial charge >= 0.3 is 0 Å². The molecule has 0 atom stereocenters. The second-order valence-electron chi connectivity index (χ2n) is 4.04. The van der Waals surface area contributed by atoms with Crippen LogP contribution < -0.4 is 5.32 Å². The molecule has 1 aromatic heterocycles. The van der Waals surface area contributed by atoms with Crippen LogP contribution in [0.5, 0.6) is 0 Å². The number of aliphatic hydroxyl groups excluding tert-OH is 1. The van der Waals surface area contributed by atoms with Crippen molar-refractivity contribution in [1.82, 2.24) is 0 Å². The Labute approximate surface area is 136 Å². The molecule has 0 unspecified atom stereocenters. The van der Waals surface area contributed by atoms with Crippen LogP contribution in [0.15, 0.2) is 30.3 Å². The zero-order valence-electron chi connectivity index (χ0n) is 10.8. The van der Waals surface area contributed by atoms with E-state index in [1.807, 2.05) is 0 Å². The van der Waals surface area contributed by atoms with Gasteiger partial charge in [0.25, 0.3) is 5.91 Å². The number of aliphatic hydroxyl groups is 1. The second kappa shape index (κ2) is 7.48. The van der Waals surface area contributed by atoms with E-state index < -0.39 is 0 Å². The molecule has 21 heavy (non-hydrogen) atoms. The Balaban J connectivity index is 2.05. The fourth-order valence-electron chi connectivity index (χ4n) is 1.55. The number of benzene rings is 1. The van der Waals surface area contributed by atoms with Crippen molar-refractivity contribution >= 4 is 46.1 Å². The highest BCUT2D eigenvalue weighted by atomic mass is 35.5. The molecule has 2 rings (SSSR count). The molecule has 0 aliphatic heterocycles. The summed E-state index contributed by atoms with van der Waals surface area (Å²) in [5.74, 6) is 5.44. The van der Waals surface area contributed by atoms with Crippen molar-refractivity contribution in [3.63, 3.8) is 0 Å². The Bertz CT molecular complexity index is 699. The maximum absolute atomic E-state index is 12.0. The van der Waals surface area contributed by atoms with E-state index in [-0.39, 0.29) is 12.5 Å². The first-order valence-corrected chi connectivity index (χ1v) is 7.63. The molecular formula is C15H11Cl2NO2S. The number of hydrogen-bond donors (Lipinski definition) is 2. The molecule has 0 bridgehead atoms. The lowest BCUT2D eigenvalue weighted by Gasteiger charge is -2.04. The minimum Gasteiger partial charge on any atom is -0.395 e. The average Bonchev–Trinajstić information content (AvgIpc) is 2.80. The van der Waals surface area contributed by atoms with E-state index in [0.717, 1.165) is 16.9 Å². The van der Waals surface area contributed by atoms with Gasteiger partial charge in [0.2, 0.25) is 0 Å². The number of rotatable bonds is 3. The smallest absolute Gasteiger partial charge is 0.258 e. The molecule has 0 saturated heterocycles. The summed E-state index contributed by atoms with van der Waals surface area (Å²) in [7, 11) is 0. The van der Waals surface area contributed by atoms with Crippen molar-refractivity contribution in [3.8, 4) is 11.8 Å². The Morgan fingerprint density at radius 1 is 1.29 bits per heavy atom. The highest BCUT2D eigenvalue weighted by molar-refractivity contribution is 7.20. The summed E-state index contributed by atoms with van der Waals surface area (Å²) in [5, 5.41) is 11.4. The monoisotopic (exact) mass is 339 g/mol. The topological polar surface area (TPSA) is 49.3 Å². The third kappa shape index (κ3) is 4.48. The predicted octanol–water partition coefficient (Wildman–Crippen LogP) is 4.04. The number of carbonyl (C=O) groups excluding carboxylic acids is 1. The zero-order valence-corrected chi connectivity index (χ0v) is 13.1. The first-order chi connectivity index (χ1) is 10.1. The summed E-state index contributed by atoms with van der Waals surface area (Å²) in [6, 6.07) is 8.63. The molecule has 1 heterocycles. The van der Waals surface area contributed by atoms with Gasteiger partial charge in [-0.05, 0) is 30.3 Å². The molecule has 0 fully saturated rings. The highest BCUT2D eigenvalue weighted by Crippen LogP contribution is 2.31. The summed E-state index contributed by atoms with van der Waals surface area (Å²) in [4.78, 5) is 12.0. The fourth-order valence-corrected chi connectivity index (χ4v) is 3.01. The van der Waals surface area contributed by atoms with E-state index in [9.17, 15) is 4.79 Å². The molecular weight excluding hydrogens is 329 g/mol. The van der Waals surface area contributed by atoms with Gasteiger partial charge in [-0.1, -0.05) is 35.0 Å². The molecule has 1 aromatic carbocycles. The molecule has 3 nitrogen and oxygen atoms in total. The number of carbonyl (C=O) groups is 1. The van der Waals surface area contributed by atoms with Gasteiger partial charge < -0.3 is 10.4 Å². The van der Waals surface area contributed by atoms with Crippen LogP contribution in [0.25, 0.3) is 0 Å². The van der Waals surface area contributed by atoms with Crippen LogP contribution in [0, 0.1) is 11.8 Å². The molecule has 0 saturated carbocycles. The summed E-state index contributed by atoms with van der Waals surface area (Å²) in [6.07, 6.45) is 0.440. The van der Waals surface area contributed by atoms with Crippen molar-refractivity contribution in [2.24, 2.45) is 0 Å². The van der Waals surface area contributed by atoms with Gasteiger partial charge in [0.15, 0.2) is 0 Å². The molecule has 108 valence electrons. The molecule has 0 aliphatic rings. The SMILES string of the molecule is O=C(Nc1ccc(C#CCCO)cc1)c1cc(Cl)sc1Cl. The van der Waals surface area contributed by atoms with Crippen LogP contribution in [-0.4, -0.2) is 17.6 Å². The van der Waals surface area contributed by atoms with Gasteiger partial charge in [-0.2, -0.15) is 0 Å². The highest BCUT2D eigenvalue weighted by Gasteiger charge is 2.14. The number of amides is 1. The largest absolute Gasteiger partial charge is 0.395 e. The summed E-state index contributed by atoms with van der Waals surface area (Å²) >= 11 is 12.9. The maximum Gasteiger partial charge on any atom is 0.258 e. The number of halogens is 2. The minimum atomic E-state index is -0.303. The normalized spacial score (nSPS) is 9.86. The zero-order chi connectivity index (χ0) is 15.2. The van der Waals surface area contributed by atoms with Gasteiger partial charge in [0.1, 0.15) is 4.34 Å². The lowest BCUT2D eigenvalue weighted by molar-refractivity contribution is 0.102. The molecule has 1 amide bonds. The fraction of sp³-hybridized carbons (Fsp3) is 0.133. The third-order valence-corrected chi connectivity index (χ3v) is 4.00. The van der Waals surface area contributed by atoms with Crippen LogP contribution in [0.2, 0.25) is 8.67 Å². The van der Waals surface area contributed by atoms with Gasteiger partial charge in [0, 0.05) is 17.7 Å². The molecule has 0 radical (unpaired) electrons. The van der Waals surface area contributed by atoms with Gasteiger partial charge in [-0.3, -0.25) is 4.79 Å². The van der Waals surface area contributed by atoms with Crippen LogP contribution in [-0.2, 0) is 0 Å². The first-order valence-electron chi connectivity index (χ1n) is 6.06.